The second kappa shape index (κ2) is 8.05. The van der Waals surface area contributed by atoms with Gasteiger partial charge in [0.25, 0.3) is 5.91 Å². The highest BCUT2D eigenvalue weighted by Gasteiger charge is 2.22. The van der Waals surface area contributed by atoms with Crippen LogP contribution in [0.1, 0.15) is 12.8 Å². The molecule has 5 nitrogen and oxygen atoms in total. The van der Waals surface area contributed by atoms with Crippen LogP contribution in [-0.2, 0) is 9.59 Å². The molecule has 1 aliphatic rings. The molecular formula is C18H16ClIN2O3. The average Bonchev–Trinajstić information content (AvgIpc) is 3.02. The van der Waals surface area contributed by atoms with Gasteiger partial charge in [0.15, 0.2) is 6.61 Å². The highest BCUT2D eigenvalue weighted by Crippen LogP contribution is 2.30. The molecule has 0 unspecified atom stereocenters. The number of rotatable bonds is 5. The minimum absolute atomic E-state index is 0.0849. The number of nitrogens with zero attached hydrogens (tertiary/aromatic N) is 1. The third kappa shape index (κ3) is 4.64. The number of ether oxygens (including phenoxy) is 1. The smallest absolute Gasteiger partial charge is 0.262 e. The molecule has 1 N–H and O–H groups in total. The van der Waals surface area contributed by atoms with E-state index >= 15 is 0 Å². The molecule has 1 aliphatic heterocycles. The lowest BCUT2D eigenvalue weighted by Gasteiger charge is -2.17. The molecule has 2 amide bonds. The van der Waals surface area contributed by atoms with Gasteiger partial charge < -0.3 is 15.0 Å². The minimum atomic E-state index is -0.314. The maximum Gasteiger partial charge on any atom is 0.262 e. The summed E-state index contributed by atoms with van der Waals surface area (Å²) in [7, 11) is 0. The Morgan fingerprint density at radius 3 is 2.68 bits per heavy atom. The Hall–Kier alpha value is -1.80. The average molecular weight is 471 g/mol. The Balaban J connectivity index is 1.64. The molecule has 7 heteroatoms. The van der Waals surface area contributed by atoms with Crippen LogP contribution in [0.3, 0.4) is 0 Å². The van der Waals surface area contributed by atoms with Gasteiger partial charge in [-0.3, -0.25) is 9.59 Å². The van der Waals surface area contributed by atoms with Crippen LogP contribution in [0.4, 0.5) is 11.4 Å². The second-order valence-corrected chi connectivity index (χ2v) is 7.26. The molecule has 3 rings (SSSR count). The molecule has 25 heavy (non-hydrogen) atoms. The lowest BCUT2D eigenvalue weighted by Crippen LogP contribution is -2.24. The first-order chi connectivity index (χ1) is 12.0. The van der Waals surface area contributed by atoms with Gasteiger partial charge >= 0.3 is 0 Å². The predicted octanol–water partition coefficient (Wildman–Crippen LogP) is 4.09. The van der Waals surface area contributed by atoms with Crippen LogP contribution < -0.4 is 15.0 Å². The zero-order valence-corrected chi connectivity index (χ0v) is 16.2. The van der Waals surface area contributed by atoms with Crippen LogP contribution in [-0.4, -0.2) is 25.0 Å². The summed E-state index contributed by atoms with van der Waals surface area (Å²) in [6, 6.07) is 12.6. The summed E-state index contributed by atoms with van der Waals surface area (Å²) >= 11 is 8.36. The van der Waals surface area contributed by atoms with Crippen LogP contribution >= 0.6 is 34.2 Å². The van der Waals surface area contributed by atoms with E-state index in [1.165, 1.54) is 0 Å². The van der Waals surface area contributed by atoms with E-state index in [0.29, 0.717) is 29.4 Å². The third-order valence-electron chi connectivity index (χ3n) is 3.79. The summed E-state index contributed by atoms with van der Waals surface area (Å²) in [4.78, 5) is 25.7. The molecule has 130 valence electrons. The molecule has 0 spiro atoms. The quantitative estimate of drug-likeness (QED) is 0.670. The van der Waals surface area contributed by atoms with E-state index in [2.05, 4.69) is 27.9 Å². The van der Waals surface area contributed by atoms with Crippen molar-refractivity contribution in [1.29, 1.82) is 0 Å². The van der Waals surface area contributed by atoms with Gasteiger partial charge in [0.1, 0.15) is 5.75 Å². The van der Waals surface area contributed by atoms with Gasteiger partial charge in [0.2, 0.25) is 5.91 Å². The van der Waals surface area contributed by atoms with E-state index in [1.54, 1.807) is 23.1 Å². The molecule has 1 fully saturated rings. The molecule has 0 atom stereocenters. The van der Waals surface area contributed by atoms with Gasteiger partial charge in [-0.15, -0.1) is 0 Å². The first-order valence-corrected chi connectivity index (χ1v) is 9.27. The van der Waals surface area contributed by atoms with Gasteiger partial charge in [-0.25, -0.2) is 0 Å². The first-order valence-electron chi connectivity index (χ1n) is 7.81. The summed E-state index contributed by atoms with van der Waals surface area (Å²) in [6.07, 6.45) is 1.39. The fourth-order valence-electron chi connectivity index (χ4n) is 2.56. The summed E-state index contributed by atoms with van der Waals surface area (Å²) < 4.78 is 6.55. The van der Waals surface area contributed by atoms with E-state index in [4.69, 9.17) is 16.3 Å². The summed E-state index contributed by atoms with van der Waals surface area (Å²) in [5.41, 5.74) is 1.20. The van der Waals surface area contributed by atoms with Crippen LogP contribution in [0.5, 0.6) is 5.75 Å². The van der Waals surface area contributed by atoms with Crippen molar-refractivity contribution in [3.63, 3.8) is 0 Å². The molecule has 0 radical (unpaired) electrons. The normalized spacial score (nSPS) is 13.8. The van der Waals surface area contributed by atoms with Crippen LogP contribution in [0, 0.1) is 3.57 Å². The Kier molecular flexibility index (Phi) is 5.80. The van der Waals surface area contributed by atoms with E-state index in [-0.39, 0.29) is 18.4 Å². The van der Waals surface area contributed by atoms with Crippen molar-refractivity contribution in [1.82, 2.24) is 0 Å². The Morgan fingerprint density at radius 2 is 2.00 bits per heavy atom. The molecular weight excluding hydrogens is 455 g/mol. The Morgan fingerprint density at radius 1 is 1.24 bits per heavy atom. The van der Waals surface area contributed by atoms with Crippen molar-refractivity contribution >= 4 is 57.4 Å². The highest BCUT2D eigenvalue weighted by molar-refractivity contribution is 14.1. The summed E-state index contributed by atoms with van der Waals surface area (Å²) in [5, 5.41) is 3.15. The maximum atomic E-state index is 12.1. The third-order valence-corrected chi connectivity index (χ3v) is 4.84. The predicted molar refractivity (Wildman–Crippen MR) is 106 cm³/mol. The number of halogens is 2. The zero-order chi connectivity index (χ0) is 17.8. The SMILES string of the molecule is O=C(COc1ccc(I)cc1)Nc1cc(N2CCCC2=O)ccc1Cl. The number of hydrogen-bond donors (Lipinski definition) is 1. The van der Waals surface area contributed by atoms with Gasteiger partial charge in [0.05, 0.1) is 10.7 Å². The molecule has 2 aromatic carbocycles. The zero-order valence-electron chi connectivity index (χ0n) is 13.3. The van der Waals surface area contributed by atoms with Crippen molar-refractivity contribution in [2.24, 2.45) is 0 Å². The lowest BCUT2D eigenvalue weighted by molar-refractivity contribution is -0.118. The van der Waals surface area contributed by atoms with Crippen LogP contribution in [0.25, 0.3) is 0 Å². The largest absolute Gasteiger partial charge is 0.484 e. The molecule has 1 heterocycles. The van der Waals surface area contributed by atoms with E-state index in [9.17, 15) is 9.59 Å². The van der Waals surface area contributed by atoms with Gasteiger partial charge in [-0.05, 0) is 71.5 Å². The van der Waals surface area contributed by atoms with E-state index < -0.39 is 0 Å². The summed E-state index contributed by atoms with van der Waals surface area (Å²) in [5.74, 6) is 0.394. The second-order valence-electron chi connectivity index (χ2n) is 5.60. The van der Waals surface area contributed by atoms with Gasteiger partial charge in [-0.2, -0.15) is 0 Å². The Bertz CT molecular complexity index is 795. The molecule has 2 aromatic rings. The number of anilines is 2. The van der Waals surface area contributed by atoms with Crippen LogP contribution in [0.15, 0.2) is 42.5 Å². The highest BCUT2D eigenvalue weighted by atomic mass is 127. The van der Waals surface area contributed by atoms with E-state index in [1.807, 2.05) is 24.3 Å². The number of benzene rings is 2. The first kappa shape index (κ1) is 18.0. The monoisotopic (exact) mass is 470 g/mol. The van der Waals surface area contributed by atoms with Gasteiger partial charge in [0, 0.05) is 22.2 Å². The summed E-state index contributed by atoms with van der Waals surface area (Å²) in [6.45, 7) is 0.563. The fourth-order valence-corrected chi connectivity index (χ4v) is 3.09. The van der Waals surface area contributed by atoms with Crippen molar-refractivity contribution in [2.45, 2.75) is 12.8 Å². The molecule has 0 aromatic heterocycles. The standard InChI is InChI=1S/C18H16ClIN2O3/c19-15-8-5-13(22-9-1-2-18(22)24)10-16(15)21-17(23)11-25-14-6-3-12(20)4-7-14/h3-8,10H,1-2,9,11H2,(H,21,23). The lowest BCUT2D eigenvalue weighted by atomic mass is 10.2. The van der Waals surface area contributed by atoms with Gasteiger partial charge in [-0.1, -0.05) is 11.6 Å². The number of nitrogens with one attached hydrogen (secondary N) is 1. The number of carbonyl (C=O) groups is 2. The minimum Gasteiger partial charge on any atom is -0.484 e. The van der Waals surface area contributed by atoms with E-state index in [0.717, 1.165) is 15.7 Å². The molecule has 1 saturated heterocycles. The topological polar surface area (TPSA) is 58.6 Å². The van der Waals surface area contributed by atoms with Crippen molar-refractivity contribution in [3.05, 3.63) is 51.1 Å². The maximum absolute atomic E-state index is 12.1. The fraction of sp³-hybridized carbons (Fsp3) is 0.222. The molecule has 0 aliphatic carbocycles. The molecule has 0 saturated carbocycles. The van der Waals surface area contributed by atoms with Crippen molar-refractivity contribution < 1.29 is 14.3 Å². The number of amides is 2. The number of hydrogen-bond acceptors (Lipinski definition) is 3. The van der Waals surface area contributed by atoms with Crippen LogP contribution in [0.2, 0.25) is 5.02 Å². The molecule has 0 bridgehead atoms. The van der Waals surface area contributed by atoms with Crippen molar-refractivity contribution in [2.75, 3.05) is 23.4 Å². The Labute approximate surface area is 164 Å². The van der Waals surface area contributed by atoms with Crippen molar-refractivity contribution in [3.8, 4) is 5.75 Å². The number of carbonyl (C=O) groups excluding carboxylic acids is 2.